The summed E-state index contributed by atoms with van der Waals surface area (Å²) in [6.07, 6.45) is 2.87. The quantitative estimate of drug-likeness (QED) is 0.813. The summed E-state index contributed by atoms with van der Waals surface area (Å²) >= 11 is 3.33. The van der Waals surface area contributed by atoms with Gasteiger partial charge in [0.2, 0.25) is 5.92 Å². The Kier molecular flexibility index (Phi) is 3.90. The predicted octanol–water partition coefficient (Wildman–Crippen LogP) is 3.74. The van der Waals surface area contributed by atoms with Crippen molar-refractivity contribution in [1.29, 1.82) is 0 Å². The molecule has 0 spiro atoms. The summed E-state index contributed by atoms with van der Waals surface area (Å²) in [6, 6.07) is 1.74. The lowest BCUT2D eigenvalue weighted by molar-refractivity contribution is -0.0548. The Morgan fingerprint density at radius 1 is 1.56 bits per heavy atom. The van der Waals surface area contributed by atoms with E-state index < -0.39 is 5.92 Å². The van der Waals surface area contributed by atoms with Crippen LogP contribution in [0.15, 0.2) is 21.5 Å². The zero-order valence-electron chi connectivity index (χ0n) is 10.3. The van der Waals surface area contributed by atoms with Crippen molar-refractivity contribution in [3.05, 3.63) is 32.7 Å². The van der Waals surface area contributed by atoms with E-state index in [4.69, 9.17) is 0 Å². The molecular formula is C13H16BrF2NO. The van der Waals surface area contributed by atoms with Crippen molar-refractivity contribution in [2.75, 3.05) is 0 Å². The number of pyridine rings is 1. The molecule has 2 rings (SSSR count). The molecule has 1 heterocycles. The molecule has 0 saturated heterocycles. The lowest BCUT2D eigenvalue weighted by Gasteiger charge is -2.29. The Morgan fingerprint density at radius 3 is 2.94 bits per heavy atom. The third kappa shape index (κ3) is 3.19. The minimum Gasteiger partial charge on any atom is -0.314 e. The maximum Gasteiger partial charge on any atom is 0.253 e. The number of hydrogen-bond acceptors (Lipinski definition) is 1. The summed E-state index contributed by atoms with van der Waals surface area (Å²) in [5.41, 5.74) is 0.541. The highest BCUT2D eigenvalue weighted by Crippen LogP contribution is 2.37. The van der Waals surface area contributed by atoms with Gasteiger partial charge < -0.3 is 4.57 Å². The van der Waals surface area contributed by atoms with Crippen LogP contribution in [0.1, 0.15) is 31.2 Å². The van der Waals surface area contributed by atoms with Crippen molar-refractivity contribution in [2.45, 2.75) is 45.1 Å². The van der Waals surface area contributed by atoms with Gasteiger partial charge in [-0.05, 0) is 47.7 Å². The van der Waals surface area contributed by atoms with E-state index in [1.165, 1.54) is 0 Å². The van der Waals surface area contributed by atoms with E-state index >= 15 is 0 Å². The van der Waals surface area contributed by atoms with Gasteiger partial charge >= 0.3 is 0 Å². The van der Waals surface area contributed by atoms with Gasteiger partial charge in [-0.1, -0.05) is 0 Å². The normalized spacial score (nSPS) is 23.0. The fourth-order valence-corrected chi connectivity index (χ4v) is 3.18. The van der Waals surface area contributed by atoms with E-state index in [2.05, 4.69) is 15.9 Å². The highest BCUT2D eigenvalue weighted by atomic mass is 79.9. The number of rotatable bonds is 2. The minimum absolute atomic E-state index is 0.0179. The Morgan fingerprint density at radius 2 is 2.28 bits per heavy atom. The van der Waals surface area contributed by atoms with Crippen LogP contribution in [0.2, 0.25) is 0 Å². The molecule has 100 valence electrons. The summed E-state index contributed by atoms with van der Waals surface area (Å²) < 4.78 is 29.0. The van der Waals surface area contributed by atoms with Crippen molar-refractivity contribution in [3.63, 3.8) is 0 Å². The van der Waals surface area contributed by atoms with Crippen molar-refractivity contribution >= 4 is 15.9 Å². The van der Waals surface area contributed by atoms with Crippen molar-refractivity contribution in [3.8, 4) is 0 Å². The summed E-state index contributed by atoms with van der Waals surface area (Å²) in [5.74, 6) is -2.67. The second-order valence-corrected chi connectivity index (χ2v) is 6.03. The van der Waals surface area contributed by atoms with Gasteiger partial charge in [-0.2, -0.15) is 0 Å². The molecule has 0 bridgehead atoms. The molecule has 1 aromatic heterocycles. The number of hydrogen-bond donors (Lipinski definition) is 0. The van der Waals surface area contributed by atoms with Gasteiger partial charge in [-0.15, -0.1) is 0 Å². The number of alkyl halides is 2. The highest BCUT2D eigenvalue weighted by Gasteiger charge is 2.36. The fraction of sp³-hybridized carbons (Fsp3) is 0.615. The smallest absolute Gasteiger partial charge is 0.253 e. The Labute approximate surface area is 113 Å². The third-order valence-electron chi connectivity index (χ3n) is 3.43. The summed E-state index contributed by atoms with van der Waals surface area (Å²) in [5, 5.41) is 0. The van der Waals surface area contributed by atoms with Gasteiger partial charge in [-0.3, -0.25) is 4.79 Å². The molecular weight excluding hydrogens is 304 g/mol. The molecule has 1 aliphatic carbocycles. The fourth-order valence-electron chi connectivity index (χ4n) is 2.59. The molecule has 1 aromatic rings. The average molecular weight is 320 g/mol. The molecule has 0 aromatic carbocycles. The van der Waals surface area contributed by atoms with E-state index in [0.29, 0.717) is 18.5 Å². The first-order valence-electron chi connectivity index (χ1n) is 6.12. The lowest BCUT2D eigenvalue weighted by Crippen LogP contribution is -2.32. The van der Waals surface area contributed by atoms with E-state index in [1.54, 1.807) is 23.8 Å². The zero-order valence-corrected chi connectivity index (χ0v) is 11.8. The molecule has 2 nitrogen and oxygen atoms in total. The Bertz CT molecular complexity index is 498. The van der Waals surface area contributed by atoms with E-state index in [1.807, 2.05) is 0 Å². The molecule has 1 saturated carbocycles. The van der Waals surface area contributed by atoms with Crippen LogP contribution in [0.5, 0.6) is 0 Å². The molecule has 0 radical (unpaired) electrons. The second kappa shape index (κ2) is 5.11. The zero-order chi connectivity index (χ0) is 13.3. The van der Waals surface area contributed by atoms with Gasteiger partial charge in [0.15, 0.2) is 0 Å². The number of aryl methyl sites for hydroxylation is 1. The monoisotopic (exact) mass is 319 g/mol. The van der Waals surface area contributed by atoms with Crippen molar-refractivity contribution in [1.82, 2.24) is 4.57 Å². The molecule has 1 atom stereocenters. The van der Waals surface area contributed by atoms with E-state index in [-0.39, 0.29) is 24.3 Å². The Hall–Kier alpha value is -0.710. The standard InChI is InChI=1S/C13H16BrF2NO/c1-9-5-11(14)8-17(12(9)18)7-10-3-2-4-13(15,16)6-10/h5,8,10H,2-4,6-7H2,1H3. The maximum absolute atomic E-state index is 13.3. The van der Waals surface area contributed by atoms with Crippen LogP contribution in [0, 0.1) is 12.8 Å². The molecule has 0 N–H and O–H groups in total. The number of nitrogens with zero attached hydrogens (tertiary/aromatic N) is 1. The minimum atomic E-state index is -2.56. The summed E-state index contributed by atoms with van der Waals surface area (Å²) in [6.45, 7) is 2.12. The Balaban J connectivity index is 2.17. The average Bonchev–Trinajstić information content (AvgIpc) is 2.24. The van der Waals surface area contributed by atoms with Gasteiger partial charge in [0.05, 0.1) is 0 Å². The van der Waals surface area contributed by atoms with Crippen LogP contribution in [0.25, 0.3) is 0 Å². The number of halogens is 3. The number of aromatic nitrogens is 1. The first kappa shape index (κ1) is 13.7. The molecule has 1 fully saturated rings. The van der Waals surface area contributed by atoms with Gasteiger partial charge in [0.25, 0.3) is 5.56 Å². The van der Waals surface area contributed by atoms with Gasteiger partial charge in [-0.25, -0.2) is 8.78 Å². The molecule has 5 heteroatoms. The predicted molar refractivity (Wildman–Crippen MR) is 70.0 cm³/mol. The van der Waals surface area contributed by atoms with E-state index in [0.717, 1.165) is 10.9 Å². The van der Waals surface area contributed by atoms with Crippen molar-refractivity contribution < 1.29 is 8.78 Å². The summed E-state index contributed by atoms with van der Waals surface area (Å²) in [4.78, 5) is 11.9. The summed E-state index contributed by atoms with van der Waals surface area (Å²) in [7, 11) is 0. The third-order valence-corrected chi connectivity index (χ3v) is 3.86. The van der Waals surface area contributed by atoms with Crippen LogP contribution in [0.4, 0.5) is 8.78 Å². The van der Waals surface area contributed by atoms with E-state index in [9.17, 15) is 13.6 Å². The lowest BCUT2D eigenvalue weighted by atomic mass is 9.86. The van der Waals surface area contributed by atoms with Crippen LogP contribution in [0.3, 0.4) is 0 Å². The topological polar surface area (TPSA) is 22.0 Å². The van der Waals surface area contributed by atoms with Crippen LogP contribution in [-0.2, 0) is 6.54 Å². The van der Waals surface area contributed by atoms with Crippen LogP contribution in [-0.4, -0.2) is 10.5 Å². The van der Waals surface area contributed by atoms with Gasteiger partial charge in [0, 0.05) is 35.6 Å². The van der Waals surface area contributed by atoms with Gasteiger partial charge in [0.1, 0.15) is 0 Å². The molecule has 1 aliphatic rings. The first-order valence-corrected chi connectivity index (χ1v) is 6.91. The molecule has 1 unspecified atom stereocenters. The SMILES string of the molecule is Cc1cc(Br)cn(CC2CCCC(F)(F)C2)c1=O. The van der Waals surface area contributed by atoms with Crippen molar-refractivity contribution in [2.24, 2.45) is 5.92 Å². The molecule has 0 amide bonds. The second-order valence-electron chi connectivity index (χ2n) is 5.12. The molecule has 0 aliphatic heterocycles. The highest BCUT2D eigenvalue weighted by molar-refractivity contribution is 9.10. The largest absolute Gasteiger partial charge is 0.314 e. The first-order chi connectivity index (χ1) is 8.37. The van der Waals surface area contributed by atoms with Crippen LogP contribution < -0.4 is 5.56 Å². The molecule has 18 heavy (non-hydrogen) atoms. The maximum atomic E-state index is 13.3. The van der Waals surface area contributed by atoms with Crippen LogP contribution >= 0.6 is 15.9 Å².